The highest BCUT2D eigenvalue weighted by Gasteiger charge is 2.34. The minimum absolute atomic E-state index is 0.474. The summed E-state index contributed by atoms with van der Waals surface area (Å²) in [4.78, 5) is 6.65. The number of nitrogens with one attached hydrogen (secondary N) is 1. The Kier molecular flexibility index (Phi) is 2.69. The maximum Gasteiger partial charge on any atom is 0.140 e. The summed E-state index contributed by atoms with van der Waals surface area (Å²) in [6.45, 7) is 2.36. The summed E-state index contributed by atoms with van der Waals surface area (Å²) in [5.74, 6) is 0. The van der Waals surface area contributed by atoms with Crippen LogP contribution in [0.5, 0.6) is 0 Å². The van der Waals surface area contributed by atoms with Crippen molar-refractivity contribution in [2.45, 2.75) is 31.3 Å². The Morgan fingerprint density at radius 2 is 2.24 bits per heavy atom. The molecule has 3 rings (SSSR count). The van der Waals surface area contributed by atoms with Crippen LogP contribution in [0, 0.1) is 11.3 Å². The number of aromatic nitrogens is 1. The van der Waals surface area contributed by atoms with E-state index in [1.807, 2.05) is 12.1 Å². The van der Waals surface area contributed by atoms with Gasteiger partial charge in [-0.15, -0.1) is 0 Å². The Balaban J connectivity index is 1.57. The molecule has 1 aromatic rings. The van der Waals surface area contributed by atoms with E-state index in [-0.39, 0.29) is 0 Å². The van der Waals surface area contributed by atoms with Gasteiger partial charge in [-0.25, -0.2) is 4.98 Å². The van der Waals surface area contributed by atoms with E-state index in [1.165, 1.54) is 25.8 Å². The summed E-state index contributed by atoms with van der Waals surface area (Å²) in [6.07, 6.45) is 5.71. The molecule has 88 valence electrons. The molecule has 0 radical (unpaired) electrons. The van der Waals surface area contributed by atoms with Gasteiger partial charge < -0.3 is 5.32 Å². The summed E-state index contributed by atoms with van der Waals surface area (Å²) in [6, 6.07) is 7.12. The monoisotopic (exact) mass is 228 g/mol. The molecule has 0 bridgehead atoms. The highest BCUT2D eigenvalue weighted by molar-refractivity contribution is 5.43. The van der Waals surface area contributed by atoms with E-state index in [0.717, 1.165) is 18.3 Å². The van der Waals surface area contributed by atoms with E-state index in [2.05, 4.69) is 15.2 Å². The average Bonchev–Trinajstić information content (AvgIpc) is 3.12. The number of hydrogen-bond donors (Lipinski definition) is 1. The van der Waals surface area contributed by atoms with Gasteiger partial charge in [-0.05, 0) is 31.4 Å². The van der Waals surface area contributed by atoms with Crippen molar-refractivity contribution in [3.63, 3.8) is 0 Å². The summed E-state index contributed by atoms with van der Waals surface area (Å²) >= 11 is 0. The first-order chi connectivity index (χ1) is 8.35. The summed E-state index contributed by atoms with van der Waals surface area (Å²) in [5.41, 5.74) is 1.49. The van der Waals surface area contributed by atoms with Gasteiger partial charge in [-0.3, -0.25) is 4.90 Å². The molecule has 1 aliphatic carbocycles. The minimum atomic E-state index is 0.474. The molecule has 1 saturated heterocycles. The Hall–Kier alpha value is -1.60. The van der Waals surface area contributed by atoms with Gasteiger partial charge in [0.2, 0.25) is 0 Å². The molecule has 1 saturated carbocycles. The van der Waals surface area contributed by atoms with E-state index in [4.69, 9.17) is 5.26 Å². The second-order valence-corrected chi connectivity index (χ2v) is 4.90. The topological polar surface area (TPSA) is 52.0 Å². The van der Waals surface area contributed by atoms with E-state index >= 15 is 0 Å². The summed E-state index contributed by atoms with van der Waals surface area (Å²) < 4.78 is 0. The zero-order chi connectivity index (χ0) is 11.7. The van der Waals surface area contributed by atoms with Crippen LogP contribution >= 0.6 is 0 Å². The third kappa shape index (κ3) is 2.40. The Morgan fingerprint density at radius 1 is 1.35 bits per heavy atom. The lowest BCUT2D eigenvalue weighted by atomic mass is 10.2. The smallest absolute Gasteiger partial charge is 0.140 e. The van der Waals surface area contributed by atoms with Crippen molar-refractivity contribution in [2.75, 3.05) is 18.4 Å². The predicted molar refractivity (Wildman–Crippen MR) is 65.6 cm³/mol. The number of hydrogen-bond acceptors (Lipinski definition) is 4. The lowest BCUT2D eigenvalue weighted by Gasteiger charge is -2.16. The van der Waals surface area contributed by atoms with Crippen molar-refractivity contribution in [3.05, 3.63) is 24.0 Å². The van der Waals surface area contributed by atoms with Gasteiger partial charge in [0.1, 0.15) is 11.8 Å². The van der Waals surface area contributed by atoms with Crippen molar-refractivity contribution in [1.29, 1.82) is 5.26 Å². The molecule has 1 aliphatic heterocycles. The quantitative estimate of drug-likeness (QED) is 0.853. The fraction of sp³-hybridized carbons (Fsp3) is 0.538. The van der Waals surface area contributed by atoms with Crippen LogP contribution < -0.4 is 5.32 Å². The molecule has 2 aliphatic rings. The first kappa shape index (κ1) is 10.5. The van der Waals surface area contributed by atoms with Gasteiger partial charge >= 0.3 is 0 Å². The normalized spacial score (nSPS) is 24.5. The zero-order valence-corrected chi connectivity index (χ0v) is 9.76. The Morgan fingerprint density at radius 3 is 2.88 bits per heavy atom. The molecule has 0 aromatic carbocycles. The summed E-state index contributed by atoms with van der Waals surface area (Å²) in [7, 11) is 0. The third-order valence-corrected chi connectivity index (χ3v) is 3.53. The van der Waals surface area contributed by atoms with Gasteiger partial charge in [0.25, 0.3) is 0 Å². The van der Waals surface area contributed by atoms with Gasteiger partial charge in [0.05, 0.1) is 11.9 Å². The predicted octanol–water partition coefficient (Wildman–Crippen LogP) is 1.60. The summed E-state index contributed by atoms with van der Waals surface area (Å²) in [5, 5.41) is 12.2. The van der Waals surface area contributed by atoms with E-state index < -0.39 is 0 Å². The SMILES string of the molecule is N#Cc1ccc(NC2CCN(C3CC3)C2)cn1. The van der Waals surface area contributed by atoms with Crippen molar-refractivity contribution in [1.82, 2.24) is 9.88 Å². The number of nitrogens with zero attached hydrogens (tertiary/aromatic N) is 3. The maximum atomic E-state index is 8.68. The number of anilines is 1. The van der Waals surface area contributed by atoms with E-state index in [1.54, 1.807) is 12.3 Å². The highest BCUT2D eigenvalue weighted by atomic mass is 15.2. The van der Waals surface area contributed by atoms with Crippen LogP contribution in [0.4, 0.5) is 5.69 Å². The molecular formula is C13H16N4. The van der Waals surface area contributed by atoms with Crippen LogP contribution in [0.2, 0.25) is 0 Å². The van der Waals surface area contributed by atoms with Crippen molar-refractivity contribution < 1.29 is 0 Å². The molecule has 1 atom stereocenters. The van der Waals surface area contributed by atoms with Crippen LogP contribution in [-0.4, -0.2) is 35.1 Å². The van der Waals surface area contributed by atoms with Crippen molar-refractivity contribution in [2.24, 2.45) is 0 Å². The second-order valence-electron chi connectivity index (χ2n) is 4.90. The van der Waals surface area contributed by atoms with Crippen LogP contribution in [0.3, 0.4) is 0 Å². The molecule has 4 nitrogen and oxygen atoms in total. The minimum Gasteiger partial charge on any atom is -0.380 e. The standard InChI is InChI=1S/C13H16N4/c14-7-10-1-2-11(8-15-10)16-12-5-6-17(9-12)13-3-4-13/h1-2,8,12-13,16H,3-6,9H2. The first-order valence-corrected chi connectivity index (χ1v) is 6.22. The van der Waals surface area contributed by atoms with E-state index in [9.17, 15) is 0 Å². The molecule has 1 aromatic heterocycles. The average molecular weight is 228 g/mol. The van der Waals surface area contributed by atoms with Crippen molar-refractivity contribution >= 4 is 5.69 Å². The van der Waals surface area contributed by atoms with Crippen molar-refractivity contribution in [3.8, 4) is 6.07 Å². The molecule has 17 heavy (non-hydrogen) atoms. The fourth-order valence-electron chi connectivity index (χ4n) is 2.46. The second kappa shape index (κ2) is 4.34. The molecule has 2 fully saturated rings. The van der Waals surface area contributed by atoms with Gasteiger partial charge in [0, 0.05) is 25.2 Å². The fourth-order valence-corrected chi connectivity index (χ4v) is 2.46. The maximum absolute atomic E-state index is 8.68. The van der Waals surface area contributed by atoms with Crippen LogP contribution in [0.15, 0.2) is 18.3 Å². The molecule has 4 heteroatoms. The molecule has 0 amide bonds. The van der Waals surface area contributed by atoms with Gasteiger partial charge in [-0.2, -0.15) is 5.26 Å². The Labute approximate surface area is 101 Å². The molecule has 1 unspecified atom stereocenters. The van der Waals surface area contributed by atoms with Crippen LogP contribution in [-0.2, 0) is 0 Å². The molecule has 2 heterocycles. The van der Waals surface area contributed by atoms with Gasteiger partial charge in [-0.1, -0.05) is 0 Å². The van der Waals surface area contributed by atoms with Crippen LogP contribution in [0.1, 0.15) is 25.0 Å². The van der Waals surface area contributed by atoms with Crippen LogP contribution in [0.25, 0.3) is 0 Å². The highest BCUT2D eigenvalue weighted by Crippen LogP contribution is 2.30. The first-order valence-electron chi connectivity index (χ1n) is 6.22. The molecule has 0 spiro atoms. The number of rotatable bonds is 3. The number of nitriles is 1. The third-order valence-electron chi connectivity index (χ3n) is 3.53. The Bertz CT molecular complexity index is 430. The molecular weight excluding hydrogens is 212 g/mol. The van der Waals surface area contributed by atoms with E-state index in [0.29, 0.717) is 11.7 Å². The number of pyridine rings is 1. The van der Waals surface area contributed by atoms with Gasteiger partial charge in [0.15, 0.2) is 0 Å². The lowest BCUT2D eigenvalue weighted by Crippen LogP contribution is -2.27. The zero-order valence-electron chi connectivity index (χ0n) is 9.76. The largest absolute Gasteiger partial charge is 0.380 e. The lowest BCUT2D eigenvalue weighted by molar-refractivity contribution is 0.326. The number of likely N-dealkylation sites (tertiary alicyclic amines) is 1. The molecule has 1 N–H and O–H groups in total.